The molecule has 3 rings (SSSR count). The molecule has 1 aliphatic heterocycles. The Morgan fingerprint density at radius 2 is 1.65 bits per heavy atom. The van der Waals surface area contributed by atoms with Crippen LogP contribution < -0.4 is 10.3 Å². The van der Waals surface area contributed by atoms with Crippen LogP contribution in [-0.4, -0.2) is 22.7 Å². The zero-order chi connectivity index (χ0) is 16.7. The molecular formula is C14H13N3O4S2. The molecule has 1 heterocycles. The fourth-order valence-corrected chi connectivity index (χ4v) is 4.11. The molecule has 0 spiro atoms. The number of benzene rings is 2. The molecule has 0 bridgehead atoms. The number of rotatable bonds is 3. The number of aryl methyl sites for hydroxylation is 1. The number of nitrogens with zero attached hydrogens (tertiary/aromatic N) is 1. The highest BCUT2D eigenvalue weighted by Gasteiger charge is 2.29. The largest absolute Gasteiger partial charge is 0.291 e. The summed E-state index contributed by atoms with van der Waals surface area (Å²) in [6.07, 6.45) is 0. The van der Waals surface area contributed by atoms with Crippen LogP contribution in [0.3, 0.4) is 0 Å². The van der Waals surface area contributed by atoms with Crippen LogP contribution in [0.2, 0.25) is 0 Å². The van der Waals surface area contributed by atoms with Gasteiger partial charge in [0.2, 0.25) is 0 Å². The summed E-state index contributed by atoms with van der Waals surface area (Å²) in [5.74, 6) is -0.0590. The molecule has 0 saturated carbocycles. The molecule has 0 aromatic heterocycles. The predicted molar refractivity (Wildman–Crippen MR) is 84.8 cm³/mol. The van der Waals surface area contributed by atoms with E-state index in [-0.39, 0.29) is 15.6 Å². The van der Waals surface area contributed by atoms with Crippen LogP contribution >= 0.6 is 0 Å². The van der Waals surface area contributed by atoms with Crippen LogP contribution in [0.5, 0.6) is 0 Å². The molecule has 0 saturated heterocycles. The number of fused-ring (bicyclic) bond motifs is 1. The van der Waals surface area contributed by atoms with Gasteiger partial charge in [-0.1, -0.05) is 29.8 Å². The van der Waals surface area contributed by atoms with Crippen LogP contribution in [0.25, 0.3) is 0 Å². The second-order valence-corrected chi connectivity index (χ2v) is 8.21. The topological polar surface area (TPSA) is 105 Å². The first-order chi connectivity index (χ1) is 10.8. The van der Waals surface area contributed by atoms with Crippen molar-refractivity contribution in [3.63, 3.8) is 0 Å². The average Bonchev–Trinajstić information content (AvgIpc) is 2.78. The zero-order valence-electron chi connectivity index (χ0n) is 12.0. The average molecular weight is 351 g/mol. The Hall–Kier alpha value is -2.23. The lowest BCUT2D eigenvalue weighted by Crippen LogP contribution is -2.41. The van der Waals surface area contributed by atoms with E-state index < -0.39 is 20.0 Å². The minimum absolute atomic E-state index is 0.0389. The molecule has 0 atom stereocenters. The number of hydrogen-bond acceptors (Lipinski definition) is 5. The van der Waals surface area contributed by atoms with E-state index in [2.05, 4.69) is 14.7 Å². The normalized spacial score (nSPS) is 15.8. The fraction of sp³-hybridized carbons (Fsp3) is 0.0714. The van der Waals surface area contributed by atoms with E-state index in [1.165, 1.54) is 18.2 Å². The summed E-state index contributed by atoms with van der Waals surface area (Å²) in [5, 5.41) is 0. The van der Waals surface area contributed by atoms with Gasteiger partial charge in [0.1, 0.15) is 4.90 Å². The molecule has 23 heavy (non-hydrogen) atoms. The van der Waals surface area contributed by atoms with E-state index in [4.69, 9.17) is 0 Å². The molecule has 9 heteroatoms. The Morgan fingerprint density at radius 1 is 1.00 bits per heavy atom. The van der Waals surface area contributed by atoms with Crippen molar-refractivity contribution in [2.75, 3.05) is 0 Å². The predicted octanol–water partition coefficient (Wildman–Crippen LogP) is 0.927. The fourth-order valence-electron chi connectivity index (χ4n) is 2.09. The number of nitrogens with one attached hydrogen (secondary N) is 2. The smallest absolute Gasteiger partial charge is 0.285 e. The first kappa shape index (κ1) is 15.7. The van der Waals surface area contributed by atoms with Crippen LogP contribution in [-0.2, 0) is 20.0 Å². The molecule has 2 aromatic rings. The summed E-state index contributed by atoms with van der Waals surface area (Å²) >= 11 is 0. The Morgan fingerprint density at radius 3 is 2.35 bits per heavy atom. The lowest BCUT2D eigenvalue weighted by atomic mass is 10.2. The van der Waals surface area contributed by atoms with Gasteiger partial charge in [0.15, 0.2) is 5.84 Å². The van der Waals surface area contributed by atoms with Gasteiger partial charge in [0, 0.05) is 5.56 Å². The van der Waals surface area contributed by atoms with Crippen LogP contribution in [0.4, 0.5) is 0 Å². The molecule has 0 amide bonds. The monoisotopic (exact) mass is 351 g/mol. The Balaban J connectivity index is 1.86. The van der Waals surface area contributed by atoms with Gasteiger partial charge >= 0.3 is 0 Å². The quantitative estimate of drug-likeness (QED) is 0.801. The molecule has 0 fully saturated rings. The highest BCUT2D eigenvalue weighted by molar-refractivity contribution is 7.91. The van der Waals surface area contributed by atoms with Crippen molar-refractivity contribution in [2.45, 2.75) is 16.7 Å². The SMILES string of the molecule is Cc1ccc(S(=O)(=O)NNC2=NS(=O)(=O)c3ccccc32)cc1. The van der Waals surface area contributed by atoms with Crippen molar-refractivity contribution in [3.8, 4) is 0 Å². The van der Waals surface area contributed by atoms with Crippen LogP contribution in [0.1, 0.15) is 11.1 Å². The summed E-state index contributed by atoms with van der Waals surface area (Å²) < 4.78 is 51.7. The molecule has 2 aromatic carbocycles. The third-order valence-electron chi connectivity index (χ3n) is 3.27. The maximum Gasteiger partial charge on any atom is 0.285 e. The molecule has 1 aliphatic rings. The van der Waals surface area contributed by atoms with Gasteiger partial charge in [-0.3, -0.25) is 5.43 Å². The van der Waals surface area contributed by atoms with E-state index in [0.717, 1.165) is 5.56 Å². The van der Waals surface area contributed by atoms with Crippen molar-refractivity contribution in [3.05, 3.63) is 59.7 Å². The van der Waals surface area contributed by atoms with Gasteiger partial charge in [0.05, 0.1) is 4.90 Å². The minimum Gasteiger partial charge on any atom is -0.291 e. The number of hydrazine groups is 1. The van der Waals surface area contributed by atoms with Crippen LogP contribution in [0.15, 0.2) is 62.7 Å². The molecule has 0 aliphatic carbocycles. The molecular weight excluding hydrogens is 338 g/mol. The summed E-state index contributed by atoms with van der Waals surface area (Å²) in [6.45, 7) is 1.84. The van der Waals surface area contributed by atoms with E-state index >= 15 is 0 Å². The lowest BCUT2D eigenvalue weighted by molar-refractivity contribution is 0.577. The highest BCUT2D eigenvalue weighted by Crippen LogP contribution is 2.24. The number of hydrogen-bond donors (Lipinski definition) is 2. The summed E-state index contributed by atoms with van der Waals surface area (Å²) in [4.78, 5) is 2.24. The maximum absolute atomic E-state index is 12.2. The summed E-state index contributed by atoms with van der Waals surface area (Å²) in [5.41, 5.74) is 3.63. The third-order valence-corrected chi connectivity index (χ3v) is 5.86. The molecule has 0 radical (unpaired) electrons. The van der Waals surface area contributed by atoms with E-state index in [9.17, 15) is 16.8 Å². The van der Waals surface area contributed by atoms with E-state index in [0.29, 0.717) is 5.56 Å². The molecule has 7 nitrogen and oxygen atoms in total. The van der Waals surface area contributed by atoms with Gasteiger partial charge in [0.25, 0.3) is 20.0 Å². The van der Waals surface area contributed by atoms with Crippen molar-refractivity contribution < 1.29 is 16.8 Å². The first-order valence-corrected chi connectivity index (χ1v) is 9.51. The lowest BCUT2D eigenvalue weighted by Gasteiger charge is -2.09. The second kappa shape index (κ2) is 5.44. The van der Waals surface area contributed by atoms with E-state index in [1.54, 1.807) is 30.3 Å². The molecule has 120 valence electrons. The molecule has 0 unspecified atom stereocenters. The summed E-state index contributed by atoms with van der Waals surface area (Å²) in [6, 6.07) is 12.4. The van der Waals surface area contributed by atoms with Gasteiger partial charge in [-0.15, -0.1) is 9.23 Å². The standard InChI is InChI=1S/C14H13N3O4S2/c1-10-6-8-11(9-7-10)22(18,19)17-15-14-12-4-2-3-5-13(12)23(20,21)16-14/h2-9,17H,1H3,(H,15,16). The maximum atomic E-state index is 12.2. The summed E-state index contributed by atoms with van der Waals surface area (Å²) in [7, 11) is -7.64. The Labute approximate surface area is 134 Å². The van der Waals surface area contributed by atoms with Gasteiger partial charge in [-0.05, 0) is 31.2 Å². The molecule has 2 N–H and O–H groups in total. The van der Waals surface area contributed by atoms with Crippen molar-refractivity contribution >= 4 is 25.9 Å². The van der Waals surface area contributed by atoms with Crippen molar-refractivity contribution in [1.29, 1.82) is 0 Å². The first-order valence-electron chi connectivity index (χ1n) is 6.58. The Bertz CT molecular complexity index is 995. The highest BCUT2D eigenvalue weighted by atomic mass is 32.2. The zero-order valence-corrected chi connectivity index (χ0v) is 13.6. The Kier molecular flexibility index (Phi) is 3.71. The second-order valence-electron chi connectivity index (χ2n) is 4.95. The van der Waals surface area contributed by atoms with Crippen LogP contribution in [0, 0.1) is 6.92 Å². The van der Waals surface area contributed by atoms with E-state index in [1.807, 2.05) is 6.92 Å². The number of amidine groups is 1. The number of sulfonamides is 2. The van der Waals surface area contributed by atoms with Gasteiger partial charge in [-0.2, -0.15) is 8.42 Å². The van der Waals surface area contributed by atoms with Crippen molar-refractivity contribution in [2.24, 2.45) is 4.40 Å². The minimum atomic E-state index is -3.84. The van der Waals surface area contributed by atoms with Crippen molar-refractivity contribution in [1.82, 2.24) is 10.3 Å². The third kappa shape index (κ3) is 2.98. The van der Waals surface area contributed by atoms with Gasteiger partial charge < -0.3 is 0 Å². The van der Waals surface area contributed by atoms with Gasteiger partial charge in [-0.25, -0.2) is 8.42 Å².